The van der Waals surface area contributed by atoms with Crippen LogP contribution in [0.3, 0.4) is 0 Å². The number of fused-ring (bicyclic) bond motifs is 1. The Morgan fingerprint density at radius 3 is 2.71 bits per heavy atom. The largest absolute Gasteiger partial charge is 0.386 e. The summed E-state index contributed by atoms with van der Waals surface area (Å²) in [7, 11) is 2.06. The lowest BCUT2D eigenvalue weighted by Gasteiger charge is -2.25. The fraction of sp³-hybridized carbons (Fsp3) is 0.458. The lowest BCUT2D eigenvalue weighted by atomic mass is 9.92. The number of hydrogen-bond acceptors (Lipinski definition) is 7. The van der Waals surface area contributed by atoms with Gasteiger partial charge in [0.25, 0.3) is 11.5 Å². The third-order valence-corrected chi connectivity index (χ3v) is 5.66. The summed E-state index contributed by atoms with van der Waals surface area (Å²) in [5.74, 6) is 1.10. The molecular formula is C24H33N9O. The van der Waals surface area contributed by atoms with Crippen LogP contribution in [0.25, 0.3) is 16.9 Å². The van der Waals surface area contributed by atoms with Gasteiger partial charge in [0.2, 0.25) is 0 Å². The molecule has 180 valence electrons. The van der Waals surface area contributed by atoms with E-state index in [9.17, 15) is 4.79 Å². The van der Waals surface area contributed by atoms with Crippen molar-refractivity contribution in [1.29, 1.82) is 0 Å². The number of aromatic nitrogens is 5. The molecule has 34 heavy (non-hydrogen) atoms. The van der Waals surface area contributed by atoms with Crippen molar-refractivity contribution in [2.24, 2.45) is 10.7 Å². The number of amidine groups is 1. The van der Waals surface area contributed by atoms with Gasteiger partial charge in [-0.2, -0.15) is 9.98 Å². The molecule has 3 aromatic rings. The van der Waals surface area contributed by atoms with E-state index >= 15 is 0 Å². The average Bonchev–Trinajstić information content (AvgIpc) is 3.05. The highest BCUT2D eigenvalue weighted by Crippen LogP contribution is 2.23. The van der Waals surface area contributed by atoms with Crippen LogP contribution in [-0.2, 0) is 5.41 Å². The van der Waals surface area contributed by atoms with E-state index in [0.29, 0.717) is 22.7 Å². The smallest absolute Gasteiger partial charge is 0.278 e. The van der Waals surface area contributed by atoms with E-state index in [4.69, 9.17) is 10.7 Å². The predicted octanol–water partition coefficient (Wildman–Crippen LogP) is 2.26. The molecule has 1 aliphatic heterocycles. The monoisotopic (exact) mass is 463 g/mol. The molecule has 0 amide bonds. The zero-order valence-corrected chi connectivity index (χ0v) is 20.7. The number of pyridine rings is 1. The van der Waals surface area contributed by atoms with E-state index in [0.717, 1.165) is 31.0 Å². The van der Waals surface area contributed by atoms with Crippen molar-refractivity contribution in [1.82, 2.24) is 34.5 Å². The van der Waals surface area contributed by atoms with Crippen LogP contribution in [0, 0.1) is 0 Å². The summed E-state index contributed by atoms with van der Waals surface area (Å²) in [6, 6.07) is 5.70. The van der Waals surface area contributed by atoms with Gasteiger partial charge in [0, 0.05) is 54.8 Å². The van der Waals surface area contributed by atoms with Gasteiger partial charge in [0.15, 0.2) is 11.5 Å². The first-order valence-corrected chi connectivity index (χ1v) is 11.5. The molecule has 0 spiro atoms. The van der Waals surface area contributed by atoms with E-state index in [1.54, 1.807) is 15.4 Å². The number of likely N-dealkylation sites (N-methyl/N-ethyl adjacent to an activating group) is 1. The molecule has 3 N–H and O–H groups in total. The summed E-state index contributed by atoms with van der Waals surface area (Å²) in [6.45, 7) is 12.8. The molecule has 0 atom stereocenters. The van der Waals surface area contributed by atoms with Crippen molar-refractivity contribution >= 4 is 22.8 Å². The molecule has 10 heteroatoms. The predicted molar refractivity (Wildman–Crippen MR) is 135 cm³/mol. The van der Waals surface area contributed by atoms with Gasteiger partial charge in [0.05, 0.1) is 0 Å². The fourth-order valence-electron chi connectivity index (χ4n) is 3.95. The highest BCUT2D eigenvalue weighted by atomic mass is 16.1. The van der Waals surface area contributed by atoms with E-state index in [-0.39, 0.29) is 23.0 Å². The van der Waals surface area contributed by atoms with Crippen LogP contribution in [0.2, 0.25) is 0 Å². The van der Waals surface area contributed by atoms with Gasteiger partial charge in [-0.1, -0.05) is 26.8 Å². The minimum Gasteiger partial charge on any atom is -0.386 e. The van der Waals surface area contributed by atoms with Gasteiger partial charge in [0.1, 0.15) is 11.2 Å². The zero-order chi connectivity index (χ0) is 24.6. The molecule has 0 aliphatic carbocycles. The average molecular weight is 464 g/mol. The summed E-state index contributed by atoms with van der Waals surface area (Å²) in [6.07, 6.45) is 3.31. The Hall–Kier alpha value is -3.53. The number of nitrogens with one attached hydrogen (secondary N) is 1. The van der Waals surface area contributed by atoms with Crippen molar-refractivity contribution < 1.29 is 0 Å². The van der Waals surface area contributed by atoms with Crippen LogP contribution in [0.1, 0.15) is 46.4 Å². The summed E-state index contributed by atoms with van der Waals surface area (Å²) in [5.41, 5.74) is 8.21. The van der Waals surface area contributed by atoms with Crippen LogP contribution in [0.15, 0.2) is 46.0 Å². The maximum absolute atomic E-state index is 13.2. The Morgan fingerprint density at radius 2 is 2.03 bits per heavy atom. The Morgan fingerprint density at radius 1 is 1.26 bits per heavy atom. The second-order valence-corrected chi connectivity index (χ2v) is 9.96. The number of piperazine rings is 1. The Kier molecular flexibility index (Phi) is 6.26. The Balaban J connectivity index is 1.84. The Labute approximate surface area is 199 Å². The summed E-state index contributed by atoms with van der Waals surface area (Å²) < 4.78 is 3.40. The summed E-state index contributed by atoms with van der Waals surface area (Å²) in [5, 5.41) is 3.73. The highest BCUT2D eigenvalue weighted by Gasteiger charge is 2.22. The van der Waals surface area contributed by atoms with Crippen molar-refractivity contribution in [3.8, 4) is 5.82 Å². The maximum Gasteiger partial charge on any atom is 0.278 e. The highest BCUT2D eigenvalue weighted by molar-refractivity contribution is 5.93. The first-order chi connectivity index (χ1) is 16.0. The van der Waals surface area contributed by atoms with Gasteiger partial charge in [-0.25, -0.2) is 19.3 Å². The van der Waals surface area contributed by atoms with E-state index < -0.39 is 0 Å². The fourth-order valence-corrected chi connectivity index (χ4v) is 3.95. The minimum atomic E-state index is -0.173. The number of nitrogens with two attached hydrogens (primary N) is 1. The second-order valence-electron chi connectivity index (χ2n) is 9.96. The van der Waals surface area contributed by atoms with E-state index in [2.05, 4.69) is 53.0 Å². The number of rotatable bonds is 4. The van der Waals surface area contributed by atoms with Crippen LogP contribution < -0.4 is 16.6 Å². The van der Waals surface area contributed by atoms with Gasteiger partial charge >= 0.3 is 0 Å². The molecule has 10 nitrogen and oxygen atoms in total. The van der Waals surface area contributed by atoms with Gasteiger partial charge < -0.3 is 11.1 Å². The van der Waals surface area contributed by atoms with E-state index in [1.165, 1.54) is 6.20 Å². The normalized spacial score (nSPS) is 17.0. The molecule has 0 bridgehead atoms. The minimum absolute atomic E-state index is 0.113. The summed E-state index contributed by atoms with van der Waals surface area (Å²) >= 11 is 0. The van der Waals surface area contributed by atoms with Crippen molar-refractivity contribution in [2.75, 3.05) is 26.7 Å². The zero-order valence-electron chi connectivity index (χ0n) is 20.7. The maximum atomic E-state index is 13.2. The standard InChI is InChI=1S/C24H33N9O/c1-15(2)32-22(34)17-13-27-23(29-19(25)12-16-14-31(6)11-10-26-16)30-21(17)33(32)20-9-7-8-18(28-20)24(3,4)5/h7-9,12-13,15,26H,10-11,14H2,1-6H3,(H2,25,27,29,30)/b16-12-. The first-order valence-electron chi connectivity index (χ1n) is 11.5. The topological polar surface area (TPSA) is 119 Å². The summed E-state index contributed by atoms with van der Waals surface area (Å²) in [4.78, 5) is 33.6. The van der Waals surface area contributed by atoms with Crippen molar-refractivity contribution in [3.05, 3.63) is 52.2 Å². The van der Waals surface area contributed by atoms with Gasteiger partial charge in [-0.15, -0.1) is 0 Å². The molecule has 0 radical (unpaired) electrons. The van der Waals surface area contributed by atoms with E-state index in [1.807, 2.05) is 32.0 Å². The molecule has 0 saturated carbocycles. The molecular weight excluding hydrogens is 430 g/mol. The third kappa shape index (κ3) is 4.72. The molecule has 0 unspecified atom stereocenters. The van der Waals surface area contributed by atoms with Crippen LogP contribution in [-0.4, -0.2) is 61.7 Å². The molecule has 1 saturated heterocycles. The first kappa shape index (κ1) is 23.6. The third-order valence-electron chi connectivity index (χ3n) is 5.66. The molecule has 1 aliphatic rings. The Bertz CT molecular complexity index is 1320. The molecule has 0 aromatic carbocycles. The number of hydrogen-bond donors (Lipinski definition) is 2. The lowest BCUT2D eigenvalue weighted by molar-refractivity contribution is 0.323. The molecule has 4 rings (SSSR count). The van der Waals surface area contributed by atoms with Crippen molar-refractivity contribution in [3.63, 3.8) is 0 Å². The quantitative estimate of drug-likeness (QED) is 0.450. The molecule has 4 heterocycles. The number of nitrogens with zero attached hydrogens (tertiary/aromatic N) is 7. The molecule has 3 aromatic heterocycles. The van der Waals surface area contributed by atoms with Gasteiger partial charge in [-0.3, -0.25) is 9.69 Å². The number of aliphatic imine (C=N–C) groups is 1. The lowest BCUT2D eigenvalue weighted by Crippen LogP contribution is -2.40. The van der Waals surface area contributed by atoms with Crippen LogP contribution in [0.4, 0.5) is 5.95 Å². The SMILES string of the molecule is CC(C)n1c(=O)c2cnc(/N=C(N)\C=C3\CN(C)CCN3)nc2n1-c1cccc(C(C)(C)C)n1. The molecule has 1 fully saturated rings. The second kappa shape index (κ2) is 9.02. The van der Waals surface area contributed by atoms with Crippen LogP contribution in [0.5, 0.6) is 0 Å². The van der Waals surface area contributed by atoms with Crippen molar-refractivity contribution in [2.45, 2.75) is 46.1 Å². The van der Waals surface area contributed by atoms with Gasteiger partial charge in [-0.05, 0) is 33.0 Å². The van der Waals surface area contributed by atoms with Crippen LogP contribution >= 0.6 is 0 Å².